The van der Waals surface area contributed by atoms with E-state index in [-0.39, 0.29) is 5.17 Å². The fourth-order valence-corrected chi connectivity index (χ4v) is 7.95. The van der Waals surface area contributed by atoms with E-state index in [4.69, 9.17) is 17.0 Å². The molecule has 0 spiro atoms. The summed E-state index contributed by atoms with van der Waals surface area (Å²) in [6, 6.07) is 3.05. The normalized spacial score (nSPS) is 12.1. The zero-order valence-electron chi connectivity index (χ0n) is 12.3. The molecule has 0 saturated carbocycles. The molecule has 0 aromatic carbocycles. The second kappa shape index (κ2) is 7.65. The van der Waals surface area contributed by atoms with Crippen LogP contribution >= 0.6 is 11.6 Å². The van der Waals surface area contributed by atoms with E-state index in [1.54, 1.807) is 6.20 Å². The minimum Gasteiger partial charge on any atom is -0.322 e. The molecule has 18 heavy (non-hydrogen) atoms. The summed E-state index contributed by atoms with van der Waals surface area (Å²) in [6.07, 6.45) is 3.10. The molecule has 2 N–H and O–H groups in total. The van der Waals surface area contributed by atoms with Crippen molar-refractivity contribution in [1.29, 1.82) is 5.41 Å². The van der Waals surface area contributed by atoms with Crippen molar-refractivity contribution >= 4 is 24.8 Å². The maximum Gasteiger partial charge on any atom is 0.148 e. The van der Waals surface area contributed by atoms with E-state index in [0.29, 0.717) is 16.6 Å². The highest BCUT2D eigenvalue weighted by Gasteiger charge is 2.41. The quantitative estimate of drug-likeness (QED) is 0.332. The Balaban J connectivity index is 5.02. The Morgan fingerprint density at radius 3 is 1.89 bits per heavy atom. The number of rotatable bonds is 5. The molecule has 0 heterocycles. The average molecular weight is 285 g/mol. The summed E-state index contributed by atoms with van der Waals surface area (Å²) < 4.78 is 0. The van der Waals surface area contributed by atoms with E-state index >= 15 is 0 Å². The van der Waals surface area contributed by atoms with Gasteiger partial charge in [0.2, 0.25) is 0 Å². The minimum atomic E-state index is -1.65. The first kappa shape index (κ1) is 17.3. The summed E-state index contributed by atoms with van der Waals surface area (Å²) >= 11 is 5.41. The maximum atomic E-state index is 7.06. The molecule has 2 nitrogen and oxygen atoms in total. The zero-order chi connectivity index (χ0) is 14.3. The van der Waals surface area contributed by atoms with Gasteiger partial charge in [-0.05, 0) is 22.7 Å². The van der Waals surface area contributed by atoms with Gasteiger partial charge in [-0.25, -0.2) is 0 Å². The van der Waals surface area contributed by atoms with E-state index in [0.717, 1.165) is 0 Å². The molecule has 0 rings (SSSR count). The van der Waals surface area contributed by atoms with Gasteiger partial charge in [0.05, 0.1) is 0 Å². The number of nitrogens with one attached hydrogen (secondary N) is 2. The highest BCUT2D eigenvalue weighted by molar-refractivity contribution is 6.90. The first-order valence-corrected chi connectivity index (χ1v) is 9.04. The molecule has 4 heteroatoms. The van der Waals surface area contributed by atoms with Gasteiger partial charge in [0.1, 0.15) is 13.2 Å². The van der Waals surface area contributed by atoms with Crippen LogP contribution in [0, 0.1) is 17.0 Å². The van der Waals surface area contributed by atoms with Crippen molar-refractivity contribution in [2.75, 3.05) is 0 Å². The largest absolute Gasteiger partial charge is 0.322 e. The third kappa shape index (κ3) is 4.51. The van der Waals surface area contributed by atoms with Gasteiger partial charge in [0.15, 0.2) is 0 Å². The molecule has 0 saturated heterocycles. The van der Waals surface area contributed by atoms with E-state index in [2.05, 4.69) is 58.4 Å². The Morgan fingerprint density at radius 1 is 1.11 bits per heavy atom. The van der Waals surface area contributed by atoms with E-state index in [1.807, 2.05) is 0 Å². The molecule has 0 bridgehead atoms. The Morgan fingerprint density at radius 2 is 1.56 bits per heavy atom. The van der Waals surface area contributed by atoms with Crippen LogP contribution in [0.3, 0.4) is 0 Å². The fraction of sp³-hybridized carbons (Fsp3) is 0.643. The molecule has 0 aliphatic heterocycles. The van der Waals surface area contributed by atoms with Gasteiger partial charge in [0.25, 0.3) is 0 Å². The van der Waals surface area contributed by atoms with Crippen LogP contribution in [-0.4, -0.2) is 13.2 Å². The van der Waals surface area contributed by atoms with E-state index in [9.17, 15) is 0 Å². The van der Waals surface area contributed by atoms with Crippen LogP contribution in [0.15, 0.2) is 12.3 Å². The van der Waals surface area contributed by atoms with Crippen LogP contribution in [0.2, 0.25) is 16.6 Å². The lowest BCUT2D eigenvalue weighted by Gasteiger charge is -2.37. The number of hydrogen-bond acceptors (Lipinski definition) is 2. The molecule has 0 unspecified atom stereocenters. The molecule has 0 aliphatic carbocycles. The molecule has 102 valence electrons. The molecule has 0 radical (unpaired) electrons. The van der Waals surface area contributed by atoms with Gasteiger partial charge in [-0.15, -0.1) is 5.54 Å². The van der Waals surface area contributed by atoms with Gasteiger partial charge < -0.3 is 5.32 Å². The van der Waals surface area contributed by atoms with Crippen LogP contribution in [0.4, 0.5) is 0 Å². The first-order valence-electron chi connectivity index (χ1n) is 6.43. The summed E-state index contributed by atoms with van der Waals surface area (Å²) in [7, 11) is -1.65. The van der Waals surface area contributed by atoms with Crippen molar-refractivity contribution in [3.05, 3.63) is 12.3 Å². The molecule has 0 aliphatic rings. The molecule has 0 atom stereocenters. The average Bonchev–Trinajstić information content (AvgIpc) is 2.20. The predicted molar refractivity (Wildman–Crippen MR) is 84.7 cm³/mol. The second-order valence-electron chi connectivity index (χ2n) is 5.47. The lowest BCUT2D eigenvalue weighted by Crippen LogP contribution is -2.43. The SMILES string of the molecule is CC(C)[Si](C#CN/C=C\C(=N)Cl)(C(C)C)C(C)C. The van der Waals surface area contributed by atoms with Gasteiger partial charge in [-0.3, -0.25) is 5.41 Å². The smallest absolute Gasteiger partial charge is 0.148 e. The van der Waals surface area contributed by atoms with Gasteiger partial charge in [-0.2, -0.15) is 0 Å². The van der Waals surface area contributed by atoms with Crippen LogP contribution in [0.1, 0.15) is 41.5 Å². The third-order valence-electron chi connectivity index (χ3n) is 3.53. The zero-order valence-corrected chi connectivity index (χ0v) is 14.0. The van der Waals surface area contributed by atoms with Crippen LogP contribution < -0.4 is 5.32 Å². The van der Waals surface area contributed by atoms with E-state index in [1.165, 1.54) is 6.08 Å². The molecule has 0 fully saturated rings. The van der Waals surface area contributed by atoms with Crippen LogP contribution in [0.25, 0.3) is 0 Å². The topological polar surface area (TPSA) is 35.9 Å². The van der Waals surface area contributed by atoms with Gasteiger partial charge in [-0.1, -0.05) is 53.1 Å². The molecular weight excluding hydrogens is 260 g/mol. The molecular formula is C14H25ClN2Si. The minimum absolute atomic E-state index is 0.00406. The van der Waals surface area contributed by atoms with Crippen molar-refractivity contribution in [2.45, 2.75) is 58.2 Å². The molecule has 0 amide bonds. The highest BCUT2D eigenvalue weighted by atomic mass is 35.5. The Labute approximate surface area is 118 Å². The number of hydrogen-bond donors (Lipinski definition) is 2. The lowest BCUT2D eigenvalue weighted by atomic mass is 10.5. The standard InChI is InChI=1S/C14H25ClN2Si/c1-11(2)18(12(3)4,13(5)6)10-9-17-8-7-14(15)16/h7-8,11-13,16-17H,1-6H3/b8-7-,16-14?. The maximum absolute atomic E-state index is 7.06. The molecule has 0 aromatic heterocycles. The third-order valence-corrected chi connectivity index (χ3v) is 9.95. The van der Waals surface area contributed by atoms with Crippen molar-refractivity contribution in [3.8, 4) is 11.6 Å². The van der Waals surface area contributed by atoms with Crippen LogP contribution in [0.5, 0.6) is 0 Å². The number of halogens is 1. The van der Waals surface area contributed by atoms with Crippen molar-refractivity contribution in [3.63, 3.8) is 0 Å². The van der Waals surface area contributed by atoms with E-state index < -0.39 is 8.07 Å². The fourth-order valence-electron chi connectivity index (χ4n) is 2.73. The summed E-state index contributed by atoms with van der Waals surface area (Å²) in [5.74, 6) is 0. The summed E-state index contributed by atoms with van der Waals surface area (Å²) in [5.41, 5.74) is 5.40. The Hall–Kier alpha value is -0.723. The van der Waals surface area contributed by atoms with Gasteiger partial charge in [0, 0.05) is 12.2 Å². The molecule has 0 aromatic rings. The summed E-state index contributed by atoms with van der Waals surface area (Å²) in [6.45, 7) is 13.7. The lowest BCUT2D eigenvalue weighted by molar-refractivity contribution is 0.838. The summed E-state index contributed by atoms with van der Waals surface area (Å²) in [4.78, 5) is 0. The van der Waals surface area contributed by atoms with Gasteiger partial charge >= 0.3 is 0 Å². The van der Waals surface area contributed by atoms with Crippen molar-refractivity contribution in [2.24, 2.45) is 0 Å². The Bertz CT molecular complexity index is 340. The highest BCUT2D eigenvalue weighted by Crippen LogP contribution is 2.40. The monoisotopic (exact) mass is 284 g/mol. The number of allylic oxidation sites excluding steroid dienone is 1. The predicted octanol–water partition coefficient (Wildman–Crippen LogP) is 4.48. The Kier molecular flexibility index (Phi) is 7.35. The first-order chi connectivity index (χ1) is 8.25. The van der Waals surface area contributed by atoms with Crippen LogP contribution in [-0.2, 0) is 0 Å². The summed E-state index contributed by atoms with van der Waals surface area (Å²) in [5, 5.41) is 9.96. The second-order valence-corrected chi connectivity index (χ2v) is 11.5. The van der Waals surface area contributed by atoms with Crippen molar-refractivity contribution in [1.82, 2.24) is 5.32 Å². The van der Waals surface area contributed by atoms with Crippen molar-refractivity contribution < 1.29 is 0 Å².